The second-order valence-electron chi connectivity index (χ2n) is 3.94. The zero-order chi connectivity index (χ0) is 11.7. The molecule has 3 nitrogen and oxygen atoms in total. The molecule has 0 bridgehead atoms. The van der Waals surface area contributed by atoms with Crippen molar-refractivity contribution in [2.24, 2.45) is 5.73 Å². The van der Waals surface area contributed by atoms with Gasteiger partial charge in [0, 0.05) is 16.3 Å². The predicted octanol–water partition coefficient (Wildman–Crippen LogP) is 2.79. The van der Waals surface area contributed by atoms with Gasteiger partial charge in [-0.15, -0.1) is 11.3 Å². The minimum Gasteiger partial charge on any atom is -0.353 e. The summed E-state index contributed by atoms with van der Waals surface area (Å²) in [6.07, 6.45) is 0.872. The zero-order valence-corrected chi connectivity index (χ0v) is 10.1. The highest BCUT2D eigenvalue weighted by Gasteiger charge is 2.13. The van der Waals surface area contributed by atoms with Gasteiger partial charge in [0.05, 0.1) is 16.9 Å². The number of nitrogens with one attached hydrogen (secondary N) is 1. The summed E-state index contributed by atoms with van der Waals surface area (Å²) in [5.41, 5.74) is 12.1. The van der Waals surface area contributed by atoms with Gasteiger partial charge in [-0.2, -0.15) is 0 Å². The van der Waals surface area contributed by atoms with Crippen LogP contribution in [-0.2, 0) is 6.42 Å². The number of fused-ring (bicyclic) bond motifs is 1. The standard InChI is InChI=1S/C13H13N3S/c14-6-5-10-9-3-1-2-4-11(9)16-13(10)12-7-17-8-15-12/h1-4,7-8,16H,5-6,14H2. The molecule has 0 radical (unpaired) electrons. The summed E-state index contributed by atoms with van der Waals surface area (Å²) in [5, 5.41) is 3.31. The molecule has 2 aromatic heterocycles. The second-order valence-corrected chi connectivity index (χ2v) is 4.66. The van der Waals surface area contributed by atoms with Gasteiger partial charge in [0.15, 0.2) is 0 Å². The van der Waals surface area contributed by atoms with E-state index in [2.05, 4.69) is 33.5 Å². The molecule has 0 amide bonds. The number of hydrogen-bond acceptors (Lipinski definition) is 3. The van der Waals surface area contributed by atoms with Crippen LogP contribution in [-0.4, -0.2) is 16.5 Å². The van der Waals surface area contributed by atoms with Gasteiger partial charge in [-0.3, -0.25) is 0 Å². The van der Waals surface area contributed by atoms with Gasteiger partial charge >= 0.3 is 0 Å². The van der Waals surface area contributed by atoms with Crippen LogP contribution in [0.25, 0.3) is 22.3 Å². The van der Waals surface area contributed by atoms with E-state index < -0.39 is 0 Å². The monoisotopic (exact) mass is 243 g/mol. The predicted molar refractivity (Wildman–Crippen MR) is 72.2 cm³/mol. The van der Waals surface area contributed by atoms with E-state index in [1.807, 2.05) is 11.6 Å². The Kier molecular flexibility index (Phi) is 2.66. The first kappa shape index (κ1) is 10.5. The first-order valence-electron chi connectivity index (χ1n) is 5.58. The quantitative estimate of drug-likeness (QED) is 0.743. The van der Waals surface area contributed by atoms with E-state index >= 15 is 0 Å². The highest BCUT2D eigenvalue weighted by molar-refractivity contribution is 7.07. The maximum absolute atomic E-state index is 5.70. The van der Waals surface area contributed by atoms with E-state index in [0.717, 1.165) is 23.3 Å². The van der Waals surface area contributed by atoms with Gasteiger partial charge in [-0.05, 0) is 24.6 Å². The van der Waals surface area contributed by atoms with E-state index in [4.69, 9.17) is 5.73 Å². The van der Waals surface area contributed by atoms with E-state index in [1.165, 1.54) is 10.9 Å². The first-order valence-corrected chi connectivity index (χ1v) is 6.52. The Hall–Kier alpha value is -1.65. The fourth-order valence-corrected chi connectivity index (χ4v) is 2.70. The van der Waals surface area contributed by atoms with Crippen LogP contribution < -0.4 is 5.73 Å². The Morgan fingerprint density at radius 3 is 2.94 bits per heavy atom. The zero-order valence-electron chi connectivity index (χ0n) is 9.31. The second kappa shape index (κ2) is 4.31. The van der Waals surface area contributed by atoms with E-state index in [9.17, 15) is 0 Å². The molecule has 86 valence electrons. The van der Waals surface area contributed by atoms with Crippen LogP contribution in [0, 0.1) is 0 Å². The third-order valence-corrected chi connectivity index (χ3v) is 3.48. The van der Waals surface area contributed by atoms with Gasteiger partial charge in [-0.1, -0.05) is 18.2 Å². The molecule has 2 heterocycles. The van der Waals surface area contributed by atoms with Crippen LogP contribution in [0.3, 0.4) is 0 Å². The van der Waals surface area contributed by atoms with Crippen LogP contribution in [0.2, 0.25) is 0 Å². The number of H-pyrrole nitrogens is 1. The average molecular weight is 243 g/mol. The van der Waals surface area contributed by atoms with Crippen molar-refractivity contribution in [3.8, 4) is 11.4 Å². The van der Waals surface area contributed by atoms with Crippen molar-refractivity contribution in [3.63, 3.8) is 0 Å². The lowest BCUT2D eigenvalue weighted by Crippen LogP contribution is -2.03. The summed E-state index contributed by atoms with van der Waals surface area (Å²) in [6.45, 7) is 0.652. The van der Waals surface area contributed by atoms with Crippen molar-refractivity contribution in [2.75, 3.05) is 6.54 Å². The molecular formula is C13H13N3S. The summed E-state index contributed by atoms with van der Waals surface area (Å²) in [6, 6.07) is 8.31. The normalized spacial score (nSPS) is 11.1. The third kappa shape index (κ3) is 1.75. The lowest BCUT2D eigenvalue weighted by atomic mass is 10.1. The van der Waals surface area contributed by atoms with Crippen LogP contribution in [0.5, 0.6) is 0 Å². The molecule has 1 aromatic carbocycles. The summed E-state index contributed by atoms with van der Waals surface area (Å²) in [7, 11) is 0. The maximum atomic E-state index is 5.70. The molecule has 4 heteroatoms. The topological polar surface area (TPSA) is 54.7 Å². The number of aromatic nitrogens is 2. The van der Waals surface area contributed by atoms with Crippen LogP contribution in [0.1, 0.15) is 5.56 Å². The molecule has 0 aliphatic rings. The van der Waals surface area contributed by atoms with Crippen molar-refractivity contribution in [3.05, 3.63) is 40.7 Å². The molecule has 0 unspecified atom stereocenters. The molecule has 0 aliphatic carbocycles. The minimum atomic E-state index is 0.652. The lowest BCUT2D eigenvalue weighted by molar-refractivity contribution is 0.977. The summed E-state index contributed by atoms with van der Waals surface area (Å²) in [5.74, 6) is 0. The summed E-state index contributed by atoms with van der Waals surface area (Å²) in [4.78, 5) is 7.81. The Labute approximate surface area is 103 Å². The molecule has 0 spiro atoms. The van der Waals surface area contributed by atoms with Gasteiger partial charge in [0.2, 0.25) is 0 Å². The number of nitrogens with two attached hydrogens (primary N) is 1. The van der Waals surface area contributed by atoms with E-state index in [0.29, 0.717) is 6.54 Å². The SMILES string of the molecule is NCCc1c(-c2cscn2)[nH]c2ccccc12. The maximum Gasteiger partial charge on any atom is 0.0976 e. The van der Waals surface area contributed by atoms with Crippen molar-refractivity contribution in [1.29, 1.82) is 0 Å². The highest BCUT2D eigenvalue weighted by atomic mass is 32.1. The fraction of sp³-hybridized carbons (Fsp3) is 0.154. The van der Waals surface area contributed by atoms with Crippen molar-refractivity contribution in [1.82, 2.24) is 9.97 Å². The number of benzene rings is 1. The summed E-state index contributed by atoms with van der Waals surface area (Å²) >= 11 is 1.61. The van der Waals surface area contributed by atoms with Crippen LogP contribution >= 0.6 is 11.3 Å². The molecule has 0 atom stereocenters. The van der Waals surface area contributed by atoms with Crippen LogP contribution in [0.4, 0.5) is 0 Å². The average Bonchev–Trinajstić information content (AvgIpc) is 2.97. The van der Waals surface area contributed by atoms with Gasteiger partial charge in [0.1, 0.15) is 0 Å². The Bertz CT molecular complexity index is 625. The number of aromatic amines is 1. The number of rotatable bonds is 3. The van der Waals surface area contributed by atoms with Crippen LogP contribution in [0.15, 0.2) is 35.2 Å². The Morgan fingerprint density at radius 2 is 2.18 bits per heavy atom. The smallest absolute Gasteiger partial charge is 0.0976 e. The van der Waals surface area contributed by atoms with Gasteiger partial charge in [0.25, 0.3) is 0 Å². The molecule has 17 heavy (non-hydrogen) atoms. The molecule has 0 saturated heterocycles. The van der Waals surface area contributed by atoms with E-state index in [1.54, 1.807) is 11.3 Å². The van der Waals surface area contributed by atoms with Crippen molar-refractivity contribution in [2.45, 2.75) is 6.42 Å². The first-order chi connectivity index (χ1) is 8.40. The molecule has 3 N–H and O–H groups in total. The highest BCUT2D eigenvalue weighted by Crippen LogP contribution is 2.30. The molecule has 0 aliphatic heterocycles. The number of para-hydroxylation sites is 1. The third-order valence-electron chi connectivity index (χ3n) is 2.90. The van der Waals surface area contributed by atoms with Gasteiger partial charge < -0.3 is 10.7 Å². The molecule has 3 rings (SSSR count). The van der Waals surface area contributed by atoms with Gasteiger partial charge in [-0.25, -0.2) is 4.98 Å². The Balaban J connectivity index is 2.26. The molecule has 0 saturated carbocycles. The number of thiazole rings is 1. The minimum absolute atomic E-state index is 0.652. The Morgan fingerprint density at radius 1 is 1.29 bits per heavy atom. The summed E-state index contributed by atoms with van der Waals surface area (Å²) < 4.78 is 0. The number of nitrogens with zero attached hydrogens (tertiary/aromatic N) is 1. The van der Waals surface area contributed by atoms with Crippen molar-refractivity contribution >= 4 is 22.2 Å². The molecular weight excluding hydrogens is 230 g/mol. The fourth-order valence-electron chi connectivity index (χ4n) is 2.16. The largest absolute Gasteiger partial charge is 0.353 e. The molecule has 0 fully saturated rings. The number of hydrogen-bond donors (Lipinski definition) is 2. The lowest BCUT2D eigenvalue weighted by Gasteiger charge is -2.00. The van der Waals surface area contributed by atoms with E-state index in [-0.39, 0.29) is 0 Å². The molecule has 3 aromatic rings. The van der Waals surface area contributed by atoms with Crippen molar-refractivity contribution < 1.29 is 0 Å².